The number of fused-ring (bicyclic) bond motifs is 1. The van der Waals surface area contributed by atoms with Gasteiger partial charge in [-0.05, 0) is 42.4 Å². The third kappa shape index (κ3) is 3.01. The molecule has 116 valence electrons. The van der Waals surface area contributed by atoms with E-state index in [4.69, 9.17) is 0 Å². The van der Waals surface area contributed by atoms with E-state index in [0.29, 0.717) is 5.92 Å². The van der Waals surface area contributed by atoms with Crippen LogP contribution in [0.2, 0.25) is 0 Å². The van der Waals surface area contributed by atoms with Gasteiger partial charge in [-0.2, -0.15) is 0 Å². The maximum absolute atomic E-state index is 10.4. The van der Waals surface area contributed by atoms with Crippen LogP contribution < -0.4 is 4.90 Å². The smallest absolute Gasteiger partial charge is 0.191 e. The van der Waals surface area contributed by atoms with E-state index in [1.165, 1.54) is 10.9 Å². The van der Waals surface area contributed by atoms with Gasteiger partial charge in [-0.15, -0.1) is 0 Å². The highest BCUT2D eigenvalue weighted by atomic mass is 16.3. The maximum Gasteiger partial charge on any atom is 0.191 e. The highest BCUT2D eigenvalue weighted by Crippen LogP contribution is 2.35. The van der Waals surface area contributed by atoms with Gasteiger partial charge in [-0.1, -0.05) is 57.7 Å². The number of anilines is 1. The highest BCUT2D eigenvalue weighted by Gasteiger charge is 2.16. The largest absolute Gasteiger partial charge is 0.494 e. The Balaban J connectivity index is 2.72. The number of rotatable bonds is 5. The van der Waals surface area contributed by atoms with Crippen molar-refractivity contribution in [2.45, 2.75) is 40.0 Å². The Kier molecular flexibility index (Phi) is 4.92. The van der Waals surface area contributed by atoms with Crippen LogP contribution in [0.3, 0.4) is 0 Å². The van der Waals surface area contributed by atoms with Crippen LogP contribution in [0.4, 0.5) is 5.69 Å². The van der Waals surface area contributed by atoms with Crippen LogP contribution in [0.15, 0.2) is 60.6 Å². The van der Waals surface area contributed by atoms with Crippen molar-refractivity contribution in [2.24, 2.45) is 0 Å². The van der Waals surface area contributed by atoms with Crippen LogP contribution in [0.25, 0.3) is 10.8 Å². The first-order chi connectivity index (χ1) is 10.5. The number of hydrogen-bond acceptors (Lipinski definition) is 2. The van der Waals surface area contributed by atoms with Gasteiger partial charge in [0.2, 0.25) is 0 Å². The summed E-state index contributed by atoms with van der Waals surface area (Å²) < 4.78 is 0. The molecule has 0 saturated carbocycles. The van der Waals surface area contributed by atoms with Crippen molar-refractivity contribution >= 4 is 16.5 Å². The molecule has 0 saturated heterocycles. The van der Waals surface area contributed by atoms with Crippen LogP contribution in [0.5, 0.6) is 0 Å². The normalized spacial score (nSPS) is 12.0. The molecule has 0 aliphatic heterocycles. The number of aliphatic hydroxyl groups is 1. The number of hydrogen-bond donors (Lipinski definition) is 1. The van der Waals surface area contributed by atoms with E-state index in [1.807, 2.05) is 24.8 Å². The summed E-state index contributed by atoms with van der Waals surface area (Å²) >= 11 is 0. The van der Waals surface area contributed by atoms with Gasteiger partial charge in [0, 0.05) is 11.1 Å². The Labute approximate surface area is 133 Å². The van der Waals surface area contributed by atoms with Crippen molar-refractivity contribution in [3.05, 3.63) is 66.2 Å². The fourth-order valence-electron chi connectivity index (χ4n) is 2.80. The lowest BCUT2D eigenvalue weighted by atomic mass is 9.94. The fourth-order valence-corrected chi connectivity index (χ4v) is 2.80. The van der Waals surface area contributed by atoms with Gasteiger partial charge in [0.05, 0.1) is 5.69 Å². The molecular formula is C20H25NO. The zero-order valence-electron chi connectivity index (χ0n) is 13.9. The molecule has 2 rings (SSSR count). The minimum absolute atomic E-state index is 0.234. The van der Waals surface area contributed by atoms with Gasteiger partial charge in [-0.3, -0.25) is 4.90 Å². The summed E-state index contributed by atoms with van der Waals surface area (Å²) in [4.78, 5) is 1.82. The summed E-state index contributed by atoms with van der Waals surface area (Å²) in [5.74, 6) is 0.689. The lowest BCUT2D eigenvalue weighted by Gasteiger charge is -2.26. The molecule has 0 heterocycles. The second-order valence-electron chi connectivity index (χ2n) is 5.92. The first-order valence-electron chi connectivity index (χ1n) is 7.83. The third-order valence-electron chi connectivity index (χ3n) is 3.80. The lowest BCUT2D eigenvalue weighted by Crippen LogP contribution is -2.20. The Hall–Kier alpha value is -2.22. The Bertz CT molecular complexity index is 713. The van der Waals surface area contributed by atoms with Crippen LogP contribution in [-0.4, -0.2) is 5.11 Å². The molecule has 22 heavy (non-hydrogen) atoms. The van der Waals surface area contributed by atoms with Gasteiger partial charge < -0.3 is 5.11 Å². The second kappa shape index (κ2) is 6.69. The number of aliphatic hydroxyl groups excluding tert-OH is 1. The van der Waals surface area contributed by atoms with E-state index in [0.717, 1.165) is 23.2 Å². The van der Waals surface area contributed by atoms with Crippen molar-refractivity contribution < 1.29 is 5.11 Å². The van der Waals surface area contributed by atoms with E-state index in [1.54, 1.807) is 6.08 Å². The summed E-state index contributed by atoms with van der Waals surface area (Å²) in [6.07, 6.45) is 2.58. The predicted octanol–water partition coefficient (Wildman–Crippen LogP) is 6.11. The quantitative estimate of drug-likeness (QED) is 0.672. The van der Waals surface area contributed by atoms with Crippen molar-refractivity contribution in [1.29, 1.82) is 0 Å². The van der Waals surface area contributed by atoms with Crippen LogP contribution in [0.1, 0.15) is 45.6 Å². The molecule has 0 aromatic heterocycles. The van der Waals surface area contributed by atoms with E-state index < -0.39 is 0 Å². The molecular weight excluding hydrogens is 270 g/mol. The van der Waals surface area contributed by atoms with E-state index in [2.05, 4.69) is 50.8 Å². The van der Waals surface area contributed by atoms with Crippen LogP contribution >= 0.6 is 0 Å². The fraction of sp³-hybridized carbons (Fsp3) is 0.300. The first-order valence-corrected chi connectivity index (χ1v) is 7.83. The average Bonchev–Trinajstić information content (AvgIpc) is 2.47. The zero-order chi connectivity index (χ0) is 16.3. The minimum atomic E-state index is 0.234. The number of nitrogens with zero attached hydrogens (tertiary/aromatic N) is 1. The summed E-state index contributed by atoms with van der Waals surface area (Å²) in [5.41, 5.74) is 3.08. The standard InChI is InChI=1S/C20H25NO/c1-6-9-20(22)21(15(4)5)19-13-12-16(14(2)3)17-10-7-8-11-18(17)19/h7-14,22H,4,6H2,1-3,5H3/b20-9+. The predicted molar refractivity (Wildman–Crippen MR) is 96.3 cm³/mol. The summed E-state index contributed by atoms with van der Waals surface area (Å²) in [6.45, 7) is 12.3. The molecule has 0 fully saturated rings. The lowest BCUT2D eigenvalue weighted by molar-refractivity contribution is 0.396. The van der Waals surface area contributed by atoms with E-state index in [-0.39, 0.29) is 5.88 Å². The van der Waals surface area contributed by atoms with Crippen LogP contribution in [0, 0.1) is 0 Å². The second-order valence-corrected chi connectivity index (χ2v) is 5.92. The van der Waals surface area contributed by atoms with Gasteiger partial charge >= 0.3 is 0 Å². The highest BCUT2D eigenvalue weighted by molar-refractivity contribution is 5.97. The van der Waals surface area contributed by atoms with Gasteiger partial charge in [0.25, 0.3) is 0 Å². The summed E-state index contributed by atoms with van der Waals surface area (Å²) in [5, 5.41) is 12.8. The van der Waals surface area contributed by atoms with Gasteiger partial charge in [0.15, 0.2) is 5.88 Å². The van der Waals surface area contributed by atoms with Crippen molar-refractivity contribution in [1.82, 2.24) is 0 Å². The van der Waals surface area contributed by atoms with Gasteiger partial charge in [0.1, 0.15) is 0 Å². The molecule has 0 bridgehead atoms. The van der Waals surface area contributed by atoms with Gasteiger partial charge in [-0.25, -0.2) is 0 Å². The zero-order valence-corrected chi connectivity index (χ0v) is 13.9. The van der Waals surface area contributed by atoms with Crippen molar-refractivity contribution in [3.63, 3.8) is 0 Å². The topological polar surface area (TPSA) is 23.5 Å². The van der Waals surface area contributed by atoms with E-state index >= 15 is 0 Å². The van der Waals surface area contributed by atoms with Crippen molar-refractivity contribution in [2.75, 3.05) is 4.90 Å². The molecule has 1 N–H and O–H groups in total. The molecule has 0 aliphatic rings. The van der Waals surface area contributed by atoms with Crippen LogP contribution in [-0.2, 0) is 0 Å². The number of allylic oxidation sites excluding steroid dienone is 2. The molecule has 2 heteroatoms. The maximum atomic E-state index is 10.4. The molecule has 0 radical (unpaired) electrons. The molecule has 2 aromatic carbocycles. The van der Waals surface area contributed by atoms with E-state index in [9.17, 15) is 5.11 Å². The molecule has 0 aliphatic carbocycles. The molecule has 0 unspecified atom stereocenters. The first kappa shape index (κ1) is 16.2. The number of benzene rings is 2. The van der Waals surface area contributed by atoms with Crippen molar-refractivity contribution in [3.8, 4) is 0 Å². The molecule has 0 spiro atoms. The molecule has 0 amide bonds. The Morgan fingerprint density at radius 3 is 2.36 bits per heavy atom. The SMILES string of the molecule is C=C(C)N(/C(O)=C\CC)c1ccc(C(C)C)c2ccccc12. The summed E-state index contributed by atoms with van der Waals surface area (Å²) in [6, 6.07) is 12.6. The molecule has 2 aromatic rings. The summed E-state index contributed by atoms with van der Waals surface area (Å²) in [7, 11) is 0. The average molecular weight is 295 g/mol. The monoisotopic (exact) mass is 295 g/mol. The molecule has 2 nitrogen and oxygen atoms in total. The third-order valence-corrected chi connectivity index (χ3v) is 3.80. The minimum Gasteiger partial charge on any atom is -0.494 e. The molecule has 0 atom stereocenters. The Morgan fingerprint density at radius 1 is 1.18 bits per heavy atom. The Morgan fingerprint density at radius 2 is 1.82 bits per heavy atom.